The van der Waals surface area contributed by atoms with Crippen LogP contribution in [0.4, 0.5) is 0 Å². The van der Waals surface area contributed by atoms with Crippen LogP contribution in [0, 0.1) is 5.92 Å². The van der Waals surface area contributed by atoms with Gasteiger partial charge in [0.15, 0.2) is 0 Å². The molecule has 2 aromatic heterocycles. The molecule has 8 heteroatoms. The zero-order valence-electron chi connectivity index (χ0n) is 16.2. The maximum absolute atomic E-state index is 12.9. The van der Waals surface area contributed by atoms with E-state index in [2.05, 4.69) is 15.3 Å². The number of nitrogens with two attached hydrogens (primary N) is 1. The van der Waals surface area contributed by atoms with Crippen LogP contribution in [0.3, 0.4) is 0 Å². The van der Waals surface area contributed by atoms with Crippen LogP contribution in [-0.2, 0) is 24.4 Å². The number of carbonyl (C=O) groups excluding carboxylic acids is 1. The molecule has 0 atom stereocenters. The molecule has 1 fully saturated rings. The molecule has 3 aromatic rings. The zero-order chi connectivity index (χ0) is 20.0. The Labute approximate surface area is 167 Å². The largest absolute Gasteiger partial charge is 0.335 e. The molecule has 1 amide bonds. The van der Waals surface area contributed by atoms with Crippen molar-refractivity contribution in [2.45, 2.75) is 45.3 Å². The maximum Gasteiger partial charge on any atom is 0.272 e. The van der Waals surface area contributed by atoms with Crippen LogP contribution in [-0.4, -0.2) is 37.3 Å². The monoisotopic (exact) mass is 392 g/mol. The number of nitrogens with zero attached hydrogens (tertiary/aromatic N) is 4. The van der Waals surface area contributed by atoms with E-state index in [0.717, 1.165) is 47.9 Å². The van der Waals surface area contributed by atoms with Crippen LogP contribution in [0.15, 0.2) is 29.2 Å². The SMILES string of the molecule is NCc1n[nH]c(=O)c2ccc(-c3cnn4c3CN(C(=O)C3CCCC3)CC4)cc12. The van der Waals surface area contributed by atoms with E-state index in [9.17, 15) is 9.59 Å². The van der Waals surface area contributed by atoms with Crippen LogP contribution in [0.5, 0.6) is 0 Å². The molecule has 8 nitrogen and oxygen atoms in total. The smallest absolute Gasteiger partial charge is 0.272 e. The Morgan fingerprint density at radius 3 is 2.83 bits per heavy atom. The van der Waals surface area contributed by atoms with Crippen molar-refractivity contribution in [2.24, 2.45) is 11.7 Å². The van der Waals surface area contributed by atoms with Crippen molar-refractivity contribution < 1.29 is 4.79 Å². The van der Waals surface area contributed by atoms with Gasteiger partial charge in [-0.15, -0.1) is 0 Å². The number of aromatic nitrogens is 4. The Morgan fingerprint density at radius 1 is 1.21 bits per heavy atom. The van der Waals surface area contributed by atoms with Crippen LogP contribution in [0.25, 0.3) is 21.9 Å². The van der Waals surface area contributed by atoms with E-state index >= 15 is 0 Å². The van der Waals surface area contributed by atoms with E-state index in [1.807, 2.05) is 27.9 Å². The summed E-state index contributed by atoms with van der Waals surface area (Å²) in [5.41, 5.74) is 9.21. The second-order valence-corrected chi connectivity index (χ2v) is 7.93. The molecule has 1 aliphatic carbocycles. The van der Waals surface area contributed by atoms with Crippen molar-refractivity contribution in [1.29, 1.82) is 0 Å². The average molecular weight is 392 g/mol. The number of hydrogen-bond acceptors (Lipinski definition) is 5. The zero-order valence-corrected chi connectivity index (χ0v) is 16.2. The highest BCUT2D eigenvalue weighted by Crippen LogP contribution is 2.32. The number of benzene rings is 1. The summed E-state index contributed by atoms with van der Waals surface area (Å²) < 4.78 is 1.98. The Kier molecular flexibility index (Phi) is 4.43. The van der Waals surface area contributed by atoms with E-state index in [0.29, 0.717) is 30.7 Å². The maximum atomic E-state index is 12.9. The van der Waals surface area contributed by atoms with Crippen molar-refractivity contribution >= 4 is 16.7 Å². The first-order valence-electron chi connectivity index (χ1n) is 10.2. The molecule has 150 valence electrons. The number of rotatable bonds is 3. The fourth-order valence-electron chi connectivity index (χ4n) is 4.65. The highest BCUT2D eigenvalue weighted by Gasteiger charge is 2.30. The van der Waals surface area contributed by atoms with E-state index in [-0.39, 0.29) is 23.9 Å². The van der Waals surface area contributed by atoms with Crippen molar-refractivity contribution in [3.63, 3.8) is 0 Å². The molecule has 3 heterocycles. The Balaban J connectivity index is 1.52. The van der Waals surface area contributed by atoms with Gasteiger partial charge in [0, 0.05) is 30.0 Å². The third-order valence-electron chi connectivity index (χ3n) is 6.26. The van der Waals surface area contributed by atoms with Gasteiger partial charge >= 0.3 is 0 Å². The first-order chi connectivity index (χ1) is 14.2. The molecule has 0 bridgehead atoms. The summed E-state index contributed by atoms with van der Waals surface area (Å²) >= 11 is 0. The molecule has 0 unspecified atom stereocenters. The summed E-state index contributed by atoms with van der Waals surface area (Å²) in [6.45, 7) is 2.22. The number of amides is 1. The number of hydrogen-bond donors (Lipinski definition) is 2. The van der Waals surface area contributed by atoms with Crippen LogP contribution < -0.4 is 11.3 Å². The molecule has 3 N–H and O–H groups in total. The molecule has 0 saturated heterocycles. The summed E-state index contributed by atoms with van der Waals surface area (Å²) in [5.74, 6) is 0.457. The third-order valence-corrected chi connectivity index (χ3v) is 6.26. The van der Waals surface area contributed by atoms with E-state index in [4.69, 9.17) is 5.73 Å². The first kappa shape index (κ1) is 18.1. The predicted molar refractivity (Wildman–Crippen MR) is 109 cm³/mol. The molecular formula is C21H24N6O2. The van der Waals surface area contributed by atoms with Gasteiger partial charge in [-0.2, -0.15) is 10.2 Å². The molecule has 5 rings (SSSR count). The highest BCUT2D eigenvalue weighted by molar-refractivity contribution is 5.88. The highest BCUT2D eigenvalue weighted by atomic mass is 16.2. The second-order valence-electron chi connectivity index (χ2n) is 7.93. The quantitative estimate of drug-likeness (QED) is 0.706. The minimum atomic E-state index is -0.228. The lowest BCUT2D eigenvalue weighted by molar-refractivity contribution is -0.136. The fourth-order valence-corrected chi connectivity index (χ4v) is 4.65. The van der Waals surface area contributed by atoms with E-state index in [1.54, 1.807) is 6.07 Å². The lowest BCUT2D eigenvalue weighted by Crippen LogP contribution is -2.41. The first-order valence-corrected chi connectivity index (χ1v) is 10.2. The molecular weight excluding hydrogens is 368 g/mol. The van der Waals surface area contributed by atoms with Gasteiger partial charge in [-0.25, -0.2) is 5.10 Å². The van der Waals surface area contributed by atoms with Gasteiger partial charge in [0.2, 0.25) is 5.91 Å². The van der Waals surface area contributed by atoms with Gasteiger partial charge in [0.1, 0.15) is 0 Å². The summed E-state index contributed by atoms with van der Waals surface area (Å²) in [7, 11) is 0. The minimum Gasteiger partial charge on any atom is -0.335 e. The normalized spacial score (nSPS) is 17.1. The van der Waals surface area contributed by atoms with Crippen molar-refractivity contribution in [2.75, 3.05) is 6.54 Å². The van der Waals surface area contributed by atoms with Gasteiger partial charge in [-0.3, -0.25) is 14.3 Å². The van der Waals surface area contributed by atoms with Crippen molar-refractivity contribution in [3.8, 4) is 11.1 Å². The third kappa shape index (κ3) is 3.04. The minimum absolute atomic E-state index is 0.179. The Bertz CT molecular complexity index is 1140. The molecule has 0 radical (unpaired) electrons. The Morgan fingerprint density at radius 2 is 2.03 bits per heavy atom. The summed E-state index contributed by atoms with van der Waals surface area (Å²) in [4.78, 5) is 27.0. The molecule has 29 heavy (non-hydrogen) atoms. The summed E-state index contributed by atoms with van der Waals surface area (Å²) in [6.07, 6.45) is 6.18. The van der Waals surface area contributed by atoms with Gasteiger partial charge in [0.05, 0.1) is 36.1 Å². The van der Waals surface area contributed by atoms with Gasteiger partial charge in [-0.1, -0.05) is 18.9 Å². The average Bonchev–Trinajstić information content (AvgIpc) is 3.43. The van der Waals surface area contributed by atoms with Crippen LogP contribution >= 0.6 is 0 Å². The van der Waals surface area contributed by atoms with Crippen LogP contribution in [0.2, 0.25) is 0 Å². The molecule has 1 aromatic carbocycles. The van der Waals surface area contributed by atoms with Crippen molar-refractivity contribution in [1.82, 2.24) is 24.9 Å². The molecule has 2 aliphatic rings. The number of carbonyl (C=O) groups is 1. The standard InChI is InChI=1S/C21H24N6O2/c22-10-18-16-9-14(5-6-15(16)20(28)25-24-18)17-11-23-27-8-7-26(12-19(17)27)21(29)13-3-1-2-4-13/h5-6,9,11,13H,1-4,7-8,10,12,22H2,(H,25,28). The second kappa shape index (κ2) is 7.11. The van der Waals surface area contributed by atoms with Gasteiger partial charge < -0.3 is 10.6 Å². The van der Waals surface area contributed by atoms with Crippen LogP contribution in [0.1, 0.15) is 37.1 Å². The Hall–Kier alpha value is -3.00. The van der Waals surface area contributed by atoms with Crippen molar-refractivity contribution in [3.05, 3.63) is 46.1 Å². The van der Waals surface area contributed by atoms with E-state index in [1.165, 1.54) is 0 Å². The van der Waals surface area contributed by atoms with Gasteiger partial charge in [0.25, 0.3) is 5.56 Å². The van der Waals surface area contributed by atoms with Gasteiger partial charge in [-0.05, 0) is 30.5 Å². The lowest BCUT2D eigenvalue weighted by Gasteiger charge is -2.30. The summed E-state index contributed by atoms with van der Waals surface area (Å²) in [5, 5.41) is 12.4. The number of nitrogens with one attached hydrogen (secondary N) is 1. The predicted octanol–water partition coefficient (Wildman–Crippen LogP) is 1.78. The molecule has 0 spiro atoms. The van der Waals surface area contributed by atoms with E-state index < -0.39 is 0 Å². The summed E-state index contributed by atoms with van der Waals surface area (Å²) in [6, 6.07) is 5.68. The number of H-pyrrole nitrogens is 1. The number of fused-ring (bicyclic) bond motifs is 2. The topological polar surface area (TPSA) is 110 Å². The fraction of sp³-hybridized carbons (Fsp3) is 0.429. The molecule has 1 saturated carbocycles. The number of aromatic amines is 1. The lowest BCUT2D eigenvalue weighted by atomic mass is 10.00. The molecule has 1 aliphatic heterocycles.